The molecule has 2 aliphatic carbocycles. The van der Waals surface area contributed by atoms with Crippen molar-refractivity contribution in [1.82, 2.24) is 5.32 Å². The first-order chi connectivity index (χ1) is 8.11. The fraction of sp³-hybridized carbons (Fsp3) is 0.846. The lowest BCUT2D eigenvalue weighted by Crippen LogP contribution is -2.43. The van der Waals surface area contributed by atoms with Crippen molar-refractivity contribution in [2.45, 2.75) is 45.6 Å². The standard InChI is InChI=1S/C13H21NO3/c1-3-17-13(16)12(15)14-8(2)11-7-9-4-5-10(11)6-9/h8-11H,3-7H2,1-2H3,(H,14,15). The molecule has 2 bridgehead atoms. The maximum absolute atomic E-state index is 11.5. The number of rotatable bonds is 3. The van der Waals surface area contributed by atoms with Gasteiger partial charge in [-0.15, -0.1) is 0 Å². The van der Waals surface area contributed by atoms with Crippen molar-refractivity contribution >= 4 is 11.9 Å². The highest BCUT2D eigenvalue weighted by Crippen LogP contribution is 2.49. The normalized spacial score (nSPS) is 32.2. The summed E-state index contributed by atoms with van der Waals surface area (Å²) in [4.78, 5) is 22.7. The van der Waals surface area contributed by atoms with Gasteiger partial charge in [-0.2, -0.15) is 0 Å². The van der Waals surface area contributed by atoms with Crippen molar-refractivity contribution in [2.75, 3.05) is 6.61 Å². The second-order valence-electron chi connectivity index (χ2n) is 5.32. The van der Waals surface area contributed by atoms with E-state index in [0.29, 0.717) is 5.92 Å². The molecule has 2 fully saturated rings. The highest BCUT2D eigenvalue weighted by molar-refractivity contribution is 6.32. The molecule has 2 aliphatic rings. The third-order valence-corrected chi connectivity index (χ3v) is 4.25. The molecular weight excluding hydrogens is 218 g/mol. The number of carbonyl (C=O) groups is 2. The second kappa shape index (κ2) is 5.07. The molecule has 17 heavy (non-hydrogen) atoms. The number of amides is 1. The summed E-state index contributed by atoms with van der Waals surface area (Å²) < 4.78 is 4.68. The highest BCUT2D eigenvalue weighted by Gasteiger charge is 2.42. The van der Waals surface area contributed by atoms with Gasteiger partial charge in [0.05, 0.1) is 6.61 Å². The largest absolute Gasteiger partial charge is 0.459 e. The number of esters is 1. The lowest BCUT2D eigenvalue weighted by molar-refractivity contribution is -0.155. The Hall–Kier alpha value is -1.06. The van der Waals surface area contributed by atoms with Crippen molar-refractivity contribution in [3.05, 3.63) is 0 Å². The van der Waals surface area contributed by atoms with Crippen LogP contribution in [0.25, 0.3) is 0 Å². The predicted molar refractivity (Wildman–Crippen MR) is 63.2 cm³/mol. The quantitative estimate of drug-likeness (QED) is 0.599. The van der Waals surface area contributed by atoms with E-state index in [0.717, 1.165) is 11.8 Å². The summed E-state index contributed by atoms with van der Waals surface area (Å²) in [6.07, 6.45) is 5.15. The third-order valence-electron chi connectivity index (χ3n) is 4.25. The number of fused-ring (bicyclic) bond motifs is 2. The van der Waals surface area contributed by atoms with Gasteiger partial charge in [-0.05, 0) is 50.9 Å². The van der Waals surface area contributed by atoms with Crippen LogP contribution in [0.3, 0.4) is 0 Å². The average molecular weight is 239 g/mol. The van der Waals surface area contributed by atoms with Gasteiger partial charge in [-0.3, -0.25) is 4.79 Å². The molecule has 0 spiro atoms. The number of ether oxygens (including phenoxy) is 1. The molecule has 2 rings (SSSR count). The fourth-order valence-electron chi connectivity index (χ4n) is 3.48. The van der Waals surface area contributed by atoms with Gasteiger partial charge < -0.3 is 10.1 Å². The van der Waals surface area contributed by atoms with Crippen LogP contribution in [0, 0.1) is 17.8 Å². The van der Waals surface area contributed by atoms with Crippen LogP contribution in [0.4, 0.5) is 0 Å². The smallest absolute Gasteiger partial charge is 0.396 e. The first-order valence-electron chi connectivity index (χ1n) is 6.59. The molecule has 4 nitrogen and oxygen atoms in total. The summed E-state index contributed by atoms with van der Waals surface area (Å²) in [6, 6.07) is 0.0854. The molecule has 4 atom stereocenters. The van der Waals surface area contributed by atoms with Gasteiger partial charge in [-0.1, -0.05) is 6.42 Å². The summed E-state index contributed by atoms with van der Waals surface area (Å²) in [5.74, 6) is 0.793. The average Bonchev–Trinajstić information content (AvgIpc) is 2.90. The molecule has 1 N–H and O–H groups in total. The summed E-state index contributed by atoms with van der Waals surface area (Å²) in [7, 11) is 0. The number of hydrogen-bond donors (Lipinski definition) is 1. The Morgan fingerprint density at radius 2 is 2.12 bits per heavy atom. The first-order valence-corrected chi connectivity index (χ1v) is 6.59. The van der Waals surface area contributed by atoms with Gasteiger partial charge in [0.25, 0.3) is 0 Å². The van der Waals surface area contributed by atoms with E-state index in [-0.39, 0.29) is 12.6 Å². The molecule has 4 heteroatoms. The van der Waals surface area contributed by atoms with Crippen molar-refractivity contribution in [1.29, 1.82) is 0 Å². The first kappa shape index (κ1) is 12.4. The Morgan fingerprint density at radius 1 is 1.35 bits per heavy atom. The molecule has 0 aromatic heterocycles. The zero-order valence-electron chi connectivity index (χ0n) is 10.6. The summed E-state index contributed by atoms with van der Waals surface area (Å²) in [5, 5.41) is 2.78. The molecular formula is C13H21NO3. The van der Waals surface area contributed by atoms with E-state index in [2.05, 4.69) is 10.1 Å². The molecule has 2 saturated carbocycles. The van der Waals surface area contributed by atoms with Crippen LogP contribution >= 0.6 is 0 Å². The molecule has 1 amide bonds. The minimum absolute atomic E-state index is 0.0854. The summed E-state index contributed by atoms with van der Waals surface area (Å²) in [6.45, 7) is 3.95. The number of carbonyl (C=O) groups excluding carboxylic acids is 2. The van der Waals surface area contributed by atoms with E-state index < -0.39 is 11.9 Å². The SMILES string of the molecule is CCOC(=O)C(=O)NC(C)C1CC2CCC1C2. The molecule has 0 aromatic rings. The van der Waals surface area contributed by atoms with E-state index in [1.165, 1.54) is 25.7 Å². The van der Waals surface area contributed by atoms with Gasteiger partial charge in [0.2, 0.25) is 0 Å². The summed E-state index contributed by atoms with van der Waals surface area (Å²) in [5.41, 5.74) is 0. The Balaban J connectivity index is 1.83. The van der Waals surface area contributed by atoms with Crippen LogP contribution in [-0.2, 0) is 14.3 Å². The number of nitrogens with one attached hydrogen (secondary N) is 1. The van der Waals surface area contributed by atoms with Gasteiger partial charge in [0.1, 0.15) is 0 Å². The van der Waals surface area contributed by atoms with E-state index in [9.17, 15) is 9.59 Å². The van der Waals surface area contributed by atoms with Gasteiger partial charge >= 0.3 is 11.9 Å². The zero-order chi connectivity index (χ0) is 12.4. The molecule has 4 unspecified atom stereocenters. The van der Waals surface area contributed by atoms with Gasteiger partial charge in [0, 0.05) is 6.04 Å². The monoisotopic (exact) mass is 239 g/mol. The van der Waals surface area contributed by atoms with Crippen LogP contribution in [-0.4, -0.2) is 24.5 Å². The van der Waals surface area contributed by atoms with E-state index in [1.54, 1.807) is 6.92 Å². The molecule has 96 valence electrons. The molecule has 0 heterocycles. The van der Waals surface area contributed by atoms with E-state index >= 15 is 0 Å². The van der Waals surface area contributed by atoms with Crippen LogP contribution in [0.5, 0.6) is 0 Å². The van der Waals surface area contributed by atoms with Gasteiger partial charge in [-0.25, -0.2) is 4.79 Å². The van der Waals surface area contributed by atoms with Crippen LogP contribution in [0.2, 0.25) is 0 Å². The fourth-order valence-corrected chi connectivity index (χ4v) is 3.48. The molecule has 0 radical (unpaired) electrons. The van der Waals surface area contributed by atoms with Crippen molar-refractivity contribution in [3.8, 4) is 0 Å². The molecule has 0 saturated heterocycles. The number of hydrogen-bond acceptors (Lipinski definition) is 3. The van der Waals surface area contributed by atoms with Crippen molar-refractivity contribution in [2.24, 2.45) is 17.8 Å². The maximum Gasteiger partial charge on any atom is 0.396 e. The Kier molecular flexibility index (Phi) is 3.69. The zero-order valence-corrected chi connectivity index (χ0v) is 10.6. The summed E-state index contributed by atoms with van der Waals surface area (Å²) >= 11 is 0. The lowest BCUT2D eigenvalue weighted by Gasteiger charge is -2.28. The van der Waals surface area contributed by atoms with Crippen LogP contribution < -0.4 is 5.32 Å². The van der Waals surface area contributed by atoms with Crippen molar-refractivity contribution in [3.63, 3.8) is 0 Å². The highest BCUT2D eigenvalue weighted by atomic mass is 16.5. The van der Waals surface area contributed by atoms with Crippen LogP contribution in [0.1, 0.15) is 39.5 Å². The lowest BCUT2D eigenvalue weighted by atomic mass is 9.84. The Bertz CT molecular complexity index is 316. The minimum Gasteiger partial charge on any atom is -0.459 e. The second-order valence-corrected chi connectivity index (χ2v) is 5.32. The van der Waals surface area contributed by atoms with E-state index in [1.807, 2.05) is 6.92 Å². The Morgan fingerprint density at radius 3 is 2.65 bits per heavy atom. The van der Waals surface area contributed by atoms with Gasteiger partial charge in [0.15, 0.2) is 0 Å². The van der Waals surface area contributed by atoms with E-state index in [4.69, 9.17) is 0 Å². The topological polar surface area (TPSA) is 55.4 Å². The van der Waals surface area contributed by atoms with Crippen LogP contribution in [0.15, 0.2) is 0 Å². The predicted octanol–water partition coefficient (Wildman–Crippen LogP) is 1.49. The minimum atomic E-state index is -0.762. The third kappa shape index (κ3) is 2.61. The van der Waals surface area contributed by atoms with Crippen molar-refractivity contribution < 1.29 is 14.3 Å². The molecule has 0 aliphatic heterocycles. The Labute approximate surface area is 102 Å². The molecule has 0 aromatic carbocycles. The maximum atomic E-state index is 11.5.